The summed E-state index contributed by atoms with van der Waals surface area (Å²) in [5.74, 6) is 0. The highest BCUT2D eigenvalue weighted by Gasteiger charge is 2.32. The Morgan fingerprint density at radius 2 is 1.81 bits per heavy atom. The van der Waals surface area contributed by atoms with Crippen LogP contribution >= 0.6 is 15.9 Å². The minimum atomic E-state index is -4.32. The third-order valence-electron chi connectivity index (χ3n) is 3.27. The van der Waals surface area contributed by atoms with Gasteiger partial charge in [-0.05, 0) is 36.2 Å². The molecule has 0 saturated heterocycles. The van der Waals surface area contributed by atoms with E-state index in [9.17, 15) is 13.2 Å². The van der Waals surface area contributed by atoms with E-state index in [1.54, 1.807) is 6.07 Å². The molecule has 2 aromatic carbocycles. The van der Waals surface area contributed by atoms with Gasteiger partial charge in [0.15, 0.2) is 0 Å². The van der Waals surface area contributed by atoms with Gasteiger partial charge in [-0.25, -0.2) is 0 Å². The highest BCUT2D eigenvalue weighted by molar-refractivity contribution is 9.10. The van der Waals surface area contributed by atoms with Crippen LogP contribution in [0.15, 0.2) is 53.0 Å². The SMILES string of the molecule is CC(NCc1ccccc1C(F)(F)F)c1cccc(Br)c1. The first-order chi connectivity index (χ1) is 9.88. The van der Waals surface area contributed by atoms with Crippen molar-refractivity contribution >= 4 is 15.9 Å². The molecule has 1 unspecified atom stereocenters. The molecule has 112 valence electrons. The normalized spacial score (nSPS) is 13.2. The van der Waals surface area contributed by atoms with Crippen molar-refractivity contribution in [3.05, 3.63) is 69.7 Å². The highest BCUT2D eigenvalue weighted by Crippen LogP contribution is 2.32. The second-order valence-corrected chi connectivity index (χ2v) is 5.73. The van der Waals surface area contributed by atoms with Crippen molar-refractivity contribution in [2.24, 2.45) is 0 Å². The Bertz CT molecular complexity index is 610. The summed E-state index contributed by atoms with van der Waals surface area (Å²) in [6, 6.07) is 13.3. The van der Waals surface area contributed by atoms with Gasteiger partial charge in [-0.3, -0.25) is 0 Å². The molecule has 0 aromatic heterocycles. The van der Waals surface area contributed by atoms with Gasteiger partial charge in [-0.2, -0.15) is 13.2 Å². The molecule has 0 aliphatic carbocycles. The first-order valence-corrected chi connectivity index (χ1v) is 7.31. The van der Waals surface area contributed by atoms with E-state index < -0.39 is 11.7 Å². The van der Waals surface area contributed by atoms with Crippen LogP contribution in [0.3, 0.4) is 0 Å². The third-order valence-corrected chi connectivity index (χ3v) is 3.76. The molecule has 0 amide bonds. The Morgan fingerprint density at radius 3 is 2.48 bits per heavy atom. The molecule has 0 saturated carbocycles. The molecule has 0 radical (unpaired) electrons. The Balaban J connectivity index is 2.10. The summed E-state index contributed by atoms with van der Waals surface area (Å²) in [6.07, 6.45) is -4.32. The molecule has 1 atom stereocenters. The van der Waals surface area contributed by atoms with E-state index in [0.29, 0.717) is 0 Å². The van der Waals surface area contributed by atoms with Crippen LogP contribution in [0.25, 0.3) is 0 Å². The molecule has 0 heterocycles. The number of nitrogens with one attached hydrogen (secondary N) is 1. The van der Waals surface area contributed by atoms with Gasteiger partial charge in [-0.15, -0.1) is 0 Å². The molecule has 0 fully saturated rings. The molecule has 0 aliphatic heterocycles. The lowest BCUT2D eigenvalue weighted by molar-refractivity contribution is -0.138. The molecule has 2 rings (SSSR count). The quantitative estimate of drug-likeness (QED) is 0.780. The number of halogens is 4. The van der Waals surface area contributed by atoms with E-state index in [1.807, 2.05) is 31.2 Å². The van der Waals surface area contributed by atoms with Crippen molar-refractivity contribution in [2.45, 2.75) is 25.7 Å². The second kappa shape index (κ2) is 6.62. The topological polar surface area (TPSA) is 12.0 Å². The molecule has 2 aromatic rings. The maximum atomic E-state index is 12.9. The van der Waals surface area contributed by atoms with Crippen LogP contribution in [-0.4, -0.2) is 0 Å². The van der Waals surface area contributed by atoms with E-state index in [1.165, 1.54) is 12.1 Å². The van der Waals surface area contributed by atoms with Crippen LogP contribution in [0, 0.1) is 0 Å². The summed E-state index contributed by atoms with van der Waals surface area (Å²) in [5.41, 5.74) is 0.694. The number of alkyl halides is 3. The average Bonchev–Trinajstić information content (AvgIpc) is 2.44. The summed E-state index contributed by atoms with van der Waals surface area (Å²) >= 11 is 3.39. The number of hydrogen-bond acceptors (Lipinski definition) is 1. The zero-order valence-corrected chi connectivity index (χ0v) is 13.0. The highest BCUT2D eigenvalue weighted by atomic mass is 79.9. The fraction of sp³-hybridized carbons (Fsp3) is 0.250. The predicted octanol–water partition coefficient (Wildman–Crippen LogP) is 5.32. The van der Waals surface area contributed by atoms with Gasteiger partial charge in [0.1, 0.15) is 0 Å². The van der Waals surface area contributed by atoms with Crippen molar-refractivity contribution in [1.82, 2.24) is 5.32 Å². The zero-order chi connectivity index (χ0) is 15.5. The number of rotatable bonds is 4. The van der Waals surface area contributed by atoms with Gasteiger partial charge >= 0.3 is 6.18 Å². The molecule has 1 N–H and O–H groups in total. The molecule has 5 heteroatoms. The lowest BCUT2D eigenvalue weighted by Gasteiger charge is -2.17. The van der Waals surface area contributed by atoms with Crippen molar-refractivity contribution in [3.63, 3.8) is 0 Å². The minimum absolute atomic E-state index is 0.0382. The van der Waals surface area contributed by atoms with Gasteiger partial charge in [-0.1, -0.05) is 46.3 Å². The van der Waals surface area contributed by atoms with Gasteiger partial charge in [0.25, 0.3) is 0 Å². The van der Waals surface area contributed by atoms with Crippen molar-refractivity contribution in [1.29, 1.82) is 0 Å². The van der Waals surface area contributed by atoms with Crippen molar-refractivity contribution < 1.29 is 13.2 Å². The fourth-order valence-corrected chi connectivity index (χ4v) is 2.52. The monoisotopic (exact) mass is 357 g/mol. The lowest BCUT2D eigenvalue weighted by Crippen LogP contribution is -2.20. The largest absolute Gasteiger partial charge is 0.416 e. The first kappa shape index (κ1) is 16.0. The number of benzene rings is 2. The first-order valence-electron chi connectivity index (χ1n) is 6.52. The fourth-order valence-electron chi connectivity index (χ4n) is 2.11. The molecule has 21 heavy (non-hydrogen) atoms. The second-order valence-electron chi connectivity index (χ2n) is 4.81. The Kier molecular flexibility index (Phi) is 5.06. The summed E-state index contributed by atoms with van der Waals surface area (Å²) < 4.78 is 39.7. The molecule has 0 bridgehead atoms. The Morgan fingerprint density at radius 1 is 1.10 bits per heavy atom. The molecular weight excluding hydrogens is 343 g/mol. The van der Waals surface area contributed by atoms with Crippen LogP contribution in [-0.2, 0) is 12.7 Å². The van der Waals surface area contributed by atoms with Crippen LogP contribution in [0.4, 0.5) is 13.2 Å². The molecular formula is C16H15BrF3N. The lowest BCUT2D eigenvalue weighted by atomic mass is 10.1. The number of hydrogen-bond donors (Lipinski definition) is 1. The van der Waals surface area contributed by atoms with E-state index in [4.69, 9.17) is 0 Å². The third kappa shape index (κ3) is 4.32. The maximum absolute atomic E-state index is 12.9. The minimum Gasteiger partial charge on any atom is -0.306 e. The van der Waals surface area contributed by atoms with Crippen LogP contribution in [0.5, 0.6) is 0 Å². The molecule has 0 spiro atoms. The van der Waals surface area contributed by atoms with Crippen LogP contribution in [0.2, 0.25) is 0 Å². The Hall–Kier alpha value is -1.33. The standard InChI is InChI=1S/C16H15BrF3N/c1-11(12-6-4-7-14(17)9-12)21-10-13-5-2-3-8-15(13)16(18,19)20/h2-9,11,21H,10H2,1H3. The van der Waals surface area contributed by atoms with E-state index >= 15 is 0 Å². The van der Waals surface area contributed by atoms with Gasteiger partial charge < -0.3 is 5.32 Å². The van der Waals surface area contributed by atoms with Gasteiger partial charge in [0.2, 0.25) is 0 Å². The van der Waals surface area contributed by atoms with Crippen LogP contribution < -0.4 is 5.32 Å². The summed E-state index contributed by atoms with van der Waals surface area (Å²) in [5, 5.41) is 3.13. The zero-order valence-electron chi connectivity index (χ0n) is 11.4. The van der Waals surface area contributed by atoms with Crippen molar-refractivity contribution in [2.75, 3.05) is 0 Å². The maximum Gasteiger partial charge on any atom is 0.416 e. The van der Waals surface area contributed by atoms with Gasteiger partial charge in [0, 0.05) is 17.1 Å². The van der Waals surface area contributed by atoms with E-state index in [2.05, 4.69) is 21.2 Å². The van der Waals surface area contributed by atoms with Crippen LogP contribution in [0.1, 0.15) is 29.7 Å². The summed E-state index contributed by atoms with van der Waals surface area (Å²) in [4.78, 5) is 0. The summed E-state index contributed by atoms with van der Waals surface area (Å²) in [6.45, 7) is 2.10. The van der Waals surface area contributed by atoms with Crippen molar-refractivity contribution in [3.8, 4) is 0 Å². The Labute approximate surface area is 130 Å². The van der Waals surface area contributed by atoms with Gasteiger partial charge in [0.05, 0.1) is 5.56 Å². The predicted molar refractivity (Wildman–Crippen MR) is 80.8 cm³/mol. The average molecular weight is 358 g/mol. The molecule has 0 aliphatic rings. The smallest absolute Gasteiger partial charge is 0.306 e. The van der Waals surface area contributed by atoms with E-state index in [-0.39, 0.29) is 18.2 Å². The molecule has 1 nitrogen and oxygen atoms in total. The summed E-state index contributed by atoms with van der Waals surface area (Å²) in [7, 11) is 0. The van der Waals surface area contributed by atoms with E-state index in [0.717, 1.165) is 16.1 Å².